The molecule has 0 radical (unpaired) electrons. The first kappa shape index (κ1) is 12.1. The van der Waals surface area contributed by atoms with Crippen LogP contribution in [0, 0.1) is 0 Å². The van der Waals surface area contributed by atoms with Crippen molar-refractivity contribution in [1.29, 1.82) is 0 Å². The van der Waals surface area contributed by atoms with Crippen LogP contribution in [0.1, 0.15) is 12.0 Å². The quantitative estimate of drug-likeness (QED) is 0.854. The van der Waals surface area contributed by atoms with Gasteiger partial charge in [0, 0.05) is 6.42 Å². The Morgan fingerprint density at radius 3 is 2.56 bits per heavy atom. The number of hydrogen-bond donors (Lipinski definition) is 1. The van der Waals surface area contributed by atoms with Gasteiger partial charge in [0.2, 0.25) is 5.91 Å². The zero-order chi connectivity index (χ0) is 12.8. The highest BCUT2D eigenvalue weighted by atomic mass is 16.5. The van der Waals surface area contributed by atoms with Gasteiger partial charge in [0.25, 0.3) is 0 Å². The highest BCUT2D eigenvalue weighted by Crippen LogP contribution is 2.12. The van der Waals surface area contributed by atoms with Crippen molar-refractivity contribution >= 4 is 5.91 Å². The molecule has 0 saturated carbocycles. The maximum atomic E-state index is 11.6. The van der Waals surface area contributed by atoms with E-state index in [1.807, 2.05) is 24.3 Å². The van der Waals surface area contributed by atoms with Crippen LogP contribution in [0.4, 0.5) is 0 Å². The smallest absolute Gasteiger partial charge is 0.239 e. The van der Waals surface area contributed by atoms with Gasteiger partial charge in [-0.3, -0.25) is 10.2 Å². The number of amides is 1. The highest BCUT2D eigenvalue weighted by Gasteiger charge is 2.03. The lowest BCUT2D eigenvalue weighted by molar-refractivity contribution is -0.117. The molecule has 18 heavy (non-hydrogen) atoms. The maximum absolute atomic E-state index is 11.6. The molecule has 0 aliphatic carbocycles. The van der Waals surface area contributed by atoms with Crippen LogP contribution in [0.3, 0.4) is 0 Å². The SMILES string of the molecule is COc1ccc(CCC(=O)Nn2cnnc2)cc1. The Bertz CT molecular complexity index is 493. The molecule has 0 bridgehead atoms. The minimum Gasteiger partial charge on any atom is -0.497 e. The normalized spacial score (nSPS) is 10.1. The summed E-state index contributed by atoms with van der Waals surface area (Å²) in [5, 5.41) is 7.19. The molecule has 1 amide bonds. The zero-order valence-electron chi connectivity index (χ0n) is 10.0. The highest BCUT2D eigenvalue weighted by molar-refractivity contribution is 5.83. The number of nitrogens with zero attached hydrogens (tertiary/aromatic N) is 3. The van der Waals surface area contributed by atoms with Crippen LogP contribution in [0.5, 0.6) is 5.75 Å². The van der Waals surface area contributed by atoms with E-state index in [2.05, 4.69) is 15.6 Å². The van der Waals surface area contributed by atoms with Gasteiger partial charge in [-0.05, 0) is 24.1 Å². The number of carbonyl (C=O) groups is 1. The summed E-state index contributed by atoms with van der Waals surface area (Å²) in [7, 11) is 1.63. The van der Waals surface area contributed by atoms with Crippen LogP contribution in [0.2, 0.25) is 0 Å². The van der Waals surface area contributed by atoms with E-state index in [1.165, 1.54) is 17.3 Å². The van der Waals surface area contributed by atoms with Crippen LogP contribution < -0.4 is 10.2 Å². The van der Waals surface area contributed by atoms with E-state index < -0.39 is 0 Å². The topological polar surface area (TPSA) is 69.0 Å². The lowest BCUT2D eigenvalue weighted by atomic mass is 10.1. The molecule has 1 N–H and O–H groups in total. The van der Waals surface area contributed by atoms with E-state index in [-0.39, 0.29) is 5.91 Å². The van der Waals surface area contributed by atoms with E-state index in [0.29, 0.717) is 12.8 Å². The molecule has 2 aromatic rings. The fourth-order valence-corrected chi connectivity index (χ4v) is 1.51. The summed E-state index contributed by atoms with van der Waals surface area (Å²) in [4.78, 5) is 11.6. The molecule has 0 unspecified atom stereocenters. The van der Waals surface area contributed by atoms with Crippen LogP contribution in [-0.4, -0.2) is 27.9 Å². The number of rotatable bonds is 5. The van der Waals surface area contributed by atoms with Gasteiger partial charge in [-0.1, -0.05) is 12.1 Å². The zero-order valence-corrected chi connectivity index (χ0v) is 10.0. The lowest BCUT2D eigenvalue weighted by Gasteiger charge is -2.05. The van der Waals surface area contributed by atoms with Crippen molar-refractivity contribution in [1.82, 2.24) is 14.9 Å². The Morgan fingerprint density at radius 2 is 1.94 bits per heavy atom. The third-order valence-electron chi connectivity index (χ3n) is 2.47. The summed E-state index contributed by atoms with van der Waals surface area (Å²) in [5.74, 6) is 0.735. The molecule has 6 nitrogen and oxygen atoms in total. The van der Waals surface area contributed by atoms with E-state index >= 15 is 0 Å². The summed E-state index contributed by atoms with van der Waals surface area (Å²) in [6.07, 6.45) is 3.96. The van der Waals surface area contributed by atoms with Gasteiger partial charge < -0.3 is 4.74 Å². The number of benzene rings is 1. The van der Waals surface area contributed by atoms with E-state index in [9.17, 15) is 4.79 Å². The third-order valence-corrected chi connectivity index (χ3v) is 2.47. The molecule has 1 aromatic carbocycles. The Hall–Kier alpha value is -2.37. The van der Waals surface area contributed by atoms with Crippen LogP contribution in [0.25, 0.3) is 0 Å². The average Bonchev–Trinajstić information content (AvgIpc) is 2.90. The molecule has 2 rings (SSSR count). The molecule has 0 aliphatic rings. The molecule has 0 saturated heterocycles. The first-order chi connectivity index (χ1) is 8.78. The summed E-state index contributed by atoms with van der Waals surface area (Å²) in [6, 6.07) is 7.66. The Kier molecular flexibility index (Phi) is 3.90. The van der Waals surface area contributed by atoms with Crippen LogP contribution >= 0.6 is 0 Å². The second-order valence-electron chi connectivity index (χ2n) is 3.75. The monoisotopic (exact) mass is 246 g/mol. The fourth-order valence-electron chi connectivity index (χ4n) is 1.51. The first-order valence-electron chi connectivity index (χ1n) is 5.55. The molecule has 0 fully saturated rings. The number of hydrogen-bond acceptors (Lipinski definition) is 4. The van der Waals surface area contributed by atoms with Crippen molar-refractivity contribution in [3.05, 3.63) is 42.5 Å². The third kappa shape index (κ3) is 3.31. The molecule has 1 heterocycles. The standard InChI is InChI=1S/C12H14N4O2/c1-18-11-5-2-10(3-6-11)4-7-12(17)15-16-8-13-14-9-16/h2-3,5-6,8-9H,4,7H2,1H3,(H,15,17). The molecule has 0 atom stereocenters. The molecular formula is C12H14N4O2. The number of aryl methyl sites for hydroxylation is 1. The summed E-state index contributed by atoms with van der Waals surface area (Å²) in [6.45, 7) is 0. The minimum absolute atomic E-state index is 0.0781. The number of methoxy groups -OCH3 is 1. The van der Waals surface area contributed by atoms with E-state index in [4.69, 9.17) is 4.74 Å². The van der Waals surface area contributed by atoms with Gasteiger partial charge >= 0.3 is 0 Å². The van der Waals surface area contributed by atoms with Gasteiger partial charge in [0.1, 0.15) is 18.4 Å². The molecular weight excluding hydrogens is 232 g/mol. The second kappa shape index (κ2) is 5.81. The van der Waals surface area contributed by atoms with Gasteiger partial charge in [-0.15, -0.1) is 10.2 Å². The van der Waals surface area contributed by atoms with Crippen molar-refractivity contribution in [2.45, 2.75) is 12.8 Å². The summed E-state index contributed by atoms with van der Waals surface area (Å²) in [5.41, 5.74) is 3.74. The summed E-state index contributed by atoms with van der Waals surface area (Å²) < 4.78 is 6.50. The van der Waals surface area contributed by atoms with Crippen molar-refractivity contribution in [2.24, 2.45) is 0 Å². The maximum Gasteiger partial charge on any atom is 0.239 e. The molecule has 94 valence electrons. The van der Waals surface area contributed by atoms with E-state index in [1.54, 1.807) is 7.11 Å². The van der Waals surface area contributed by atoms with Gasteiger partial charge in [-0.25, -0.2) is 4.68 Å². The van der Waals surface area contributed by atoms with Crippen LogP contribution in [-0.2, 0) is 11.2 Å². The molecule has 6 heteroatoms. The number of nitrogens with one attached hydrogen (secondary N) is 1. The first-order valence-corrected chi connectivity index (χ1v) is 5.55. The predicted molar refractivity (Wildman–Crippen MR) is 65.7 cm³/mol. The van der Waals surface area contributed by atoms with Crippen molar-refractivity contribution in [3.63, 3.8) is 0 Å². The van der Waals surface area contributed by atoms with Gasteiger partial charge in [0.15, 0.2) is 0 Å². The number of aromatic nitrogens is 3. The fraction of sp³-hybridized carbons (Fsp3) is 0.250. The van der Waals surface area contributed by atoms with Crippen molar-refractivity contribution < 1.29 is 9.53 Å². The summed E-state index contributed by atoms with van der Waals surface area (Å²) >= 11 is 0. The van der Waals surface area contributed by atoms with Crippen LogP contribution in [0.15, 0.2) is 36.9 Å². The molecule has 1 aromatic heterocycles. The molecule has 0 spiro atoms. The Labute approximate surface area is 105 Å². The largest absolute Gasteiger partial charge is 0.497 e. The Balaban J connectivity index is 1.81. The number of ether oxygens (including phenoxy) is 1. The average molecular weight is 246 g/mol. The van der Waals surface area contributed by atoms with Crippen molar-refractivity contribution in [3.8, 4) is 5.75 Å². The predicted octanol–water partition coefficient (Wildman–Crippen LogP) is 0.990. The minimum atomic E-state index is -0.0781. The lowest BCUT2D eigenvalue weighted by Crippen LogP contribution is -2.21. The van der Waals surface area contributed by atoms with Crippen molar-refractivity contribution in [2.75, 3.05) is 12.5 Å². The Morgan fingerprint density at radius 1 is 1.28 bits per heavy atom. The van der Waals surface area contributed by atoms with Gasteiger partial charge in [-0.2, -0.15) is 0 Å². The van der Waals surface area contributed by atoms with Gasteiger partial charge in [0.05, 0.1) is 7.11 Å². The second-order valence-corrected chi connectivity index (χ2v) is 3.75. The van der Waals surface area contributed by atoms with E-state index in [0.717, 1.165) is 11.3 Å². The number of carbonyl (C=O) groups excluding carboxylic acids is 1. The molecule has 0 aliphatic heterocycles.